The molecule has 0 saturated heterocycles. The molecule has 0 saturated carbocycles. The van der Waals surface area contributed by atoms with Crippen LogP contribution in [0.3, 0.4) is 0 Å². The van der Waals surface area contributed by atoms with Crippen molar-refractivity contribution in [2.24, 2.45) is 0 Å². The quantitative estimate of drug-likeness (QED) is 0.538. The normalized spacial score (nSPS) is 11.1. The summed E-state index contributed by atoms with van der Waals surface area (Å²) < 4.78 is 43.4. The number of methoxy groups -OCH3 is 3. The first-order valence-electron chi connectivity index (χ1n) is 7.77. The van der Waals surface area contributed by atoms with Crippen LogP contribution < -0.4 is 18.9 Å². The summed E-state index contributed by atoms with van der Waals surface area (Å²) in [7, 11) is 0.411. The van der Waals surface area contributed by atoms with E-state index < -0.39 is 14.9 Å². The number of hydrogen-bond acceptors (Lipinski definition) is 7. The summed E-state index contributed by atoms with van der Waals surface area (Å²) in [6.07, 6.45) is 0. The summed E-state index contributed by atoms with van der Waals surface area (Å²) in [4.78, 5) is 10.1. The number of hydrogen-bond donors (Lipinski definition) is 1. The lowest BCUT2D eigenvalue weighted by molar-refractivity contribution is -0.385. The Labute approximate surface area is 157 Å². The number of nitrogens with one attached hydrogen (secondary N) is 1. The van der Waals surface area contributed by atoms with Crippen LogP contribution in [-0.2, 0) is 16.6 Å². The van der Waals surface area contributed by atoms with E-state index in [1.165, 1.54) is 33.5 Å². The van der Waals surface area contributed by atoms with Crippen molar-refractivity contribution in [3.05, 3.63) is 51.6 Å². The number of sulfonamides is 1. The van der Waals surface area contributed by atoms with Gasteiger partial charge in [-0.2, -0.15) is 0 Å². The highest BCUT2D eigenvalue weighted by Crippen LogP contribution is 2.38. The molecule has 0 fully saturated rings. The summed E-state index contributed by atoms with van der Waals surface area (Å²) in [5.74, 6) is 1.16. The SMILES string of the molecule is COc1cc(CNS(=O)(=O)c2cc([N+](=O)[O-])ccc2C)cc(OC)c1OC. The van der Waals surface area contributed by atoms with Gasteiger partial charge in [0.1, 0.15) is 0 Å². The molecule has 2 aromatic carbocycles. The third-order valence-corrected chi connectivity index (χ3v) is 5.41. The van der Waals surface area contributed by atoms with Crippen LogP contribution in [0, 0.1) is 17.0 Å². The number of aryl methyl sites for hydroxylation is 1. The van der Waals surface area contributed by atoms with E-state index in [0.29, 0.717) is 28.4 Å². The van der Waals surface area contributed by atoms with Crippen LogP contribution in [0.2, 0.25) is 0 Å². The number of nitrogens with zero attached hydrogens (tertiary/aromatic N) is 1. The zero-order valence-electron chi connectivity index (χ0n) is 15.3. The van der Waals surface area contributed by atoms with E-state index in [0.717, 1.165) is 6.07 Å². The van der Waals surface area contributed by atoms with Crippen LogP contribution >= 0.6 is 0 Å². The second kappa shape index (κ2) is 8.23. The molecule has 0 spiro atoms. The minimum absolute atomic E-state index is 0.0683. The van der Waals surface area contributed by atoms with Crippen molar-refractivity contribution in [3.8, 4) is 17.2 Å². The molecule has 2 rings (SSSR count). The predicted molar refractivity (Wildman–Crippen MR) is 98.0 cm³/mol. The van der Waals surface area contributed by atoms with Crippen molar-refractivity contribution < 1.29 is 27.6 Å². The van der Waals surface area contributed by atoms with Gasteiger partial charge in [-0.1, -0.05) is 6.07 Å². The predicted octanol–water partition coefficient (Wildman–Crippen LogP) is 2.41. The third kappa shape index (κ3) is 4.47. The van der Waals surface area contributed by atoms with E-state index >= 15 is 0 Å². The Bertz CT molecular complexity index is 933. The zero-order valence-corrected chi connectivity index (χ0v) is 16.1. The van der Waals surface area contributed by atoms with Gasteiger partial charge in [-0.3, -0.25) is 10.1 Å². The number of nitro benzene ring substituents is 1. The lowest BCUT2D eigenvalue weighted by atomic mass is 10.2. The molecule has 146 valence electrons. The monoisotopic (exact) mass is 396 g/mol. The molecule has 0 aliphatic rings. The van der Waals surface area contributed by atoms with Gasteiger partial charge < -0.3 is 14.2 Å². The standard InChI is InChI=1S/C17H20N2O7S/c1-11-5-6-13(19(20)21)9-16(11)27(22,23)18-10-12-7-14(24-2)17(26-4)15(8-12)25-3/h5-9,18H,10H2,1-4H3. The van der Waals surface area contributed by atoms with E-state index in [-0.39, 0.29) is 17.1 Å². The lowest BCUT2D eigenvalue weighted by Gasteiger charge is -2.15. The molecule has 0 atom stereocenters. The average Bonchev–Trinajstić information content (AvgIpc) is 2.65. The van der Waals surface area contributed by atoms with Gasteiger partial charge in [0, 0.05) is 18.7 Å². The van der Waals surface area contributed by atoms with Gasteiger partial charge in [-0.05, 0) is 30.2 Å². The molecule has 0 bridgehead atoms. The van der Waals surface area contributed by atoms with Crippen molar-refractivity contribution in [2.45, 2.75) is 18.4 Å². The van der Waals surface area contributed by atoms with Gasteiger partial charge in [0.05, 0.1) is 31.1 Å². The van der Waals surface area contributed by atoms with Crippen LogP contribution in [0.4, 0.5) is 5.69 Å². The fourth-order valence-corrected chi connectivity index (χ4v) is 3.77. The Morgan fingerprint density at radius 1 is 1.04 bits per heavy atom. The lowest BCUT2D eigenvalue weighted by Crippen LogP contribution is -2.24. The summed E-state index contributed by atoms with van der Waals surface area (Å²) in [5, 5.41) is 10.9. The molecule has 27 heavy (non-hydrogen) atoms. The minimum Gasteiger partial charge on any atom is -0.493 e. The Kier molecular flexibility index (Phi) is 6.24. The third-order valence-electron chi connectivity index (χ3n) is 3.86. The average molecular weight is 396 g/mol. The number of non-ortho nitro benzene ring substituents is 1. The summed E-state index contributed by atoms with van der Waals surface area (Å²) >= 11 is 0. The highest BCUT2D eigenvalue weighted by atomic mass is 32.2. The maximum Gasteiger partial charge on any atom is 0.270 e. The van der Waals surface area contributed by atoms with Crippen LogP contribution in [-0.4, -0.2) is 34.7 Å². The van der Waals surface area contributed by atoms with Gasteiger partial charge in [0.15, 0.2) is 11.5 Å². The fraction of sp³-hybridized carbons (Fsp3) is 0.294. The number of ether oxygens (including phenoxy) is 3. The molecule has 0 radical (unpaired) electrons. The number of benzene rings is 2. The van der Waals surface area contributed by atoms with Crippen molar-refractivity contribution >= 4 is 15.7 Å². The van der Waals surface area contributed by atoms with Gasteiger partial charge >= 0.3 is 0 Å². The molecule has 0 aliphatic carbocycles. The second-order valence-electron chi connectivity index (χ2n) is 5.57. The number of nitro groups is 1. The van der Waals surface area contributed by atoms with Gasteiger partial charge in [-0.15, -0.1) is 0 Å². The number of rotatable bonds is 8. The Balaban J connectivity index is 2.33. The first kappa shape index (κ1) is 20.5. The van der Waals surface area contributed by atoms with Crippen molar-refractivity contribution in [2.75, 3.05) is 21.3 Å². The maximum absolute atomic E-state index is 12.6. The topological polar surface area (TPSA) is 117 Å². The van der Waals surface area contributed by atoms with Crippen molar-refractivity contribution in [1.82, 2.24) is 4.72 Å². The molecule has 0 unspecified atom stereocenters. The Hall–Kier alpha value is -2.85. The van der Waals surface area contributed by atoms with E-state index in [9.17, 15) is 18.5 Å². The van der Waals surface area contributed by atoms with Gasteiger partial charge in [0.2, 0.25) is 15.8 Å². The van der Waals surface area contributed by atoms with Gasteiger partial charge in [-0.25, -0.2) is 13.1 Å². The van der Waals surface area contributed by atoms with Crippen LogP contribution in [0.5, 0.6) is 17.2 Å². The largest absolute Gasteiger partial charge is 0.493 e. The zero-order chi connectivity index (χ0) is 20.2. The summed E-state index contributed by atoms with van der Waals surface area (Å²) in [6, 6.07) is 6.92. The van der Waals surface area contributed by atoms with Crippen LogP contribution in [0.25, 0.3) is 0 Å². The van der Waals surface area contributed by atoms with Crippen molar-refractivity contribution in [3.63, 3.8) is 0 Å². The molecule has 2 aromatic rings. The van der Waals surface area contributed by atoms with E-state index in [1.807, 2.05) is 0 Å². The van der Waals surface area contributed by atoms with Crippen LogP contribution in [0.1, 0.15) is 11.1 Å². The molecule has 0 aliphatic heterocycles. The molecule has 9 nitrogen and oxygen atoms in total. The maximum atomic E-state index is 12.6. The van der Waals surface area contributed by atoms with Crippen molar-refractivity contribution in [1.29, 1.82) is 0 Å². The highest BCUT2D eigenvalue weighted by molar-refractivity contribution is 7.89. The molecule has 1 N–H and O–H groups in total. The minimum atomic E-state index is -3.97. The van der Waals surface area contributed by atoms with E-state index in [4.69, 9.17) is 14.2 Å². The highest BCUT2D eigenvalue weighted by Gasteiger charge is 2.21. The van der Waals surface area contributed by atoms with Gasteiger partial charge in [0.25, 0.3) is 5.69 Å². The van der Waals surface area contributed by atoms with Crippen LogP contribution in [0.15, 0.2) is 35.2 Å². The Morgan fingerprint density at radius 3 is 2.11 bits per heavy atom. The molecular weight excluding hydrogens is 376 g/mol. The smallest absolute Gasteiger partial charge is 0.270 e. The first-order chi connectivity index (χ1) is 12.7. The summed E-state index contributed by atoms with van der Waals surface area (Å²) in [6.45, 7) is 1.50. The Morgan fingerprint density at radius 2 is 1.63 bits per heavy atom. The molecule has 0 aromatic heterocycles. The fourth-order valence-electron chi connectivity index (χ4n) is 2.49. The molecular formula is C17H20N2O7S. The summed E-state index contributed by atoms with van der Waals surface area (Å²) in [5.41, 5.74) is 0.669. The molecule has 0 amide bonds. The first-order valence-corrected chi connectivity index (χ1v) is 9.25. The van der Waals surface area contributed by atoms with E-state index in [1.54, 1.807) is 19.1 Å². The molecule has 0 heterocycles. The second-order valence-corrected chi connectivity index (χ2v) is 7.30. The molecule has 10 heteroatoms. The van der Waals surface area contributed by atoms with E-state index in [2.05, 4.69) is 4.72 Å².